The van der Waals surface area contributed by atoms with Crippen LogP contribution in [-0.2, 0) is 35.6 Å². The van der Waals surface area contributed by atoms with E-state index in [0.717, 1.165) is 70.9 Å². The van der Waals surface area contributed by atoms with Crippen LogP contribution in [0.5, 0.6) is 11.5 Å². The van der Waals surface area contributed by atoms with Crippen LogP contribution in [0.2, 0.25) is 0 Å². The average Bonchev–Trinajstić information content (AvgIpc) is 3.20. The highest BCUT2D eigenvalue weighted by Gasteiger charge is 2.39. The number of carbonyl (C=O) groups excluding carboxylic acids is 1. The first-order valence-electron chi connectivity index (χ1n) is 17.8. The predicted molar refractivity (Wildman–Crippen MR) is 199 cm³/mol. The monoisotopic (exact) mass is 699 g/mol. The summed E-state index contributed by atoms with van der Waals surface area (Å²) in [4.78, 5) is 19.1. The number of aromatic nitrogens is 1. The second kappa shape index (κ2) is 16.1. The number of rotatable bonds is 11. The van der Waals surface area contributed by atoms with Crippen molar-refractivity contribution < 1.29 is 28.8 Å². The van der Waals surface area contributed by atoms with E-state index in [1.807, 2.05) is 24.3 Å². The number of fused-ring (bicyclic) bond motifs is 1. The van der Waals surface area contributed by atoms with Gasteiger partial charge >= 0.3 is 0 Å². The molecule has 2 aliphatic heterocycles. The highest BCUT2D eigenvalue weighted by molar-refractivity contribution is 5.93. The number of hydrogen-bond acceptors (Lipinski definition) is 8. The van der Waals surface area contributed by atoms with Gasteiger partial charge in [-0.3, -0.25) is 14.7 Å². The van der Waals surface area contributed by atoms with Crippen LogP contribution < -0.4 is 14.8 Å². The molecule has 1 fully saturated rings. The van der Waals surface area contributed by atoms with Crippen LogP contribution in [0.25, 0.3) is 11.1 Å². The molecule has 0 saturated carbocycles. The van der Waals surface area contributed by atoms with Gasteiger partial charge in [-0.15, -0.1) is 0 Å². The first kappa shape index (κ1) is 35.3. The molecule has 9 nitrogen and oxygen atoms in total. The number of methoxy groups -OCH3 is 2. The Morgan fingerprint density at radius 2 is 1.62 bits per heavy atom. The Hall–Kier alpha value is -5.06. The molecule has 1 saturated heterocycles. The van der Waals surface area contributed by atoms with Gasteiger partial charge in [0.05, 0.1) is 38.6 Å². The Balaban J connectivity index is 1.08. The van der Waals surface area contributed by atoms with Crippen molar-refractivity contribution in [1.29, 1.82) is 0 Å². The lowest BCUT2D eigenvalue weighted by Crippen LogP contribution is -2.45. The summed E-state index contributed by atoms with van der Waals surface area (Å²) in [7, 11) is 3.35. The van der Waals surface area contributed by atoms with E-state index in [9.17, 15) is 9.90 Å². The molecule has 2 N–H and O–H groups in total. The van der Waals surface area contributed by atoms with E-state index in [1.54, 1.807) is 38.7 Å². The molecule has 2 aliphatic rings. The maximum atomic E-state index is 12.6. The van der Waals surface area contributed by atoms with E-state index >= 15 is 0 Å². The number of carbonyl (C=O) groups is 1. The molecule has 52 heavy (non-hydrogen) atoms. The fourth-order valence-electron chi connectivity index (χ4n) is 7.16. The van der Waals surface area contributed by atoms with E-state index in [1.165, 1.54) is 11.1 Å². The summed E-state index contributed by atoms with van der Waals surface area (Å²) in [5.74, 6) is 1.42. The third kappa shape index (κ3) is 7.88. The molecular formula is C43H45N3O6. The number of nitrogens with zero attached hydrogens (tertiary/aromatic N) is 2. The molecule has 0 aliphatic carbocycles. The van der Waals surface area contributed by atoms with Crippen molar-refractivity contribution in [2.45, 2.75) is 51.5 Å². The van der Waals surface area contributed by atoms with Crippen molar-refractivity contribution >= 4 is 5.91 Å². The zero-order chi connectivity index (χ0) is 36.0. The topological polar surface area (TPSA) is 102 Å². The van der Waals surface area contributed by atoms with Crippen molar-refractivity contribution in [2.24, 2.45) is 5.92 Å². The Bertz CT molecular complexity index is 1970. The number of aliphatic hydroxyl groups excluding tert-OH is 1. The number of ether oxygens (including phenoxy) is 4. The van der Waals surface area contributed by atoms with Crippen LogP contribution in [0.4, 0.5) is 0 Å². The van der Waals surface area contributed by atoms with E-state index in [2.05, 4.69) is 82.8 Å². The maximum Gasteiger partial charge on any atom is 0.253 e. The largest absolute Gasteiger partial charge is 0.493 e. The lowest BCUT2D eigenvalue weighted by atomic mass is 9.89. The zero-order valence-electron chi connectivity index (χ0n) is 29.8. The molecule has 4 atom stereocenters. The molecule has 9 heteroatoms. The summed E-state index contributed by atoms with van der Waals surface area (Å²) in [6.45, 7) is 5.07. The van der Waals surface area contributed by atoms with Gasteiger partial charge < -0.3 is 29.4 Å². The van der Waals surface area contributed by atoms with Gasteiger partial charge in [0.2, 0.25) is 0 Å². The first-order chi connectivity index (χ1) is 25.4. The number of pyridine rings is 1. The number of benzene rings is 4. The van der Waals surface area contributed by atoms with Gasteiger partial charge in [-0.05, 0) is 75.7 Å². The summed E-state index contributed by atoms with van der Waals surface area (Å²) >= 11 is 0. The summed E-state index contributed by atoms with van der Waals surface area (Å²) in [5.41, 5.74) is 9.05. The predicted octanol–water partition coefficient (Wildman–Crippen LogP) is 7.04. The summed E-state index contributed by atoms with van der Waals surface area (Å²) < 4.78 is 24.7. The minimum Gasteiger partial charge on any atom is -0.493 e. The number of hydrogen-bond donors (Lipinski definition) is 2. The van der Waals surface area contributed by atoms with Gasteiger partial charge in [0.15, 0.2) is 17.8 Å². The van der Waals surface area contributed by atoms with Crippen LogP contribution >= 0.6 is 0 Å². The van der Waals surface area contributed by atoms with Gasteiger partial charge in [-0.2, -0.15) is 0 Å². The van der Waals surface area contributed by atoms with E-state index in [-0.39, 0.29) is 30.6 Å². The van der Waals surface area contributed by atoms with Crippen molar-refractivity contribution in [3.63, 3.8) is 0 Å². The molecule has 0 bridgehead atoms. The quantitative estimate of drug-likeness (QED) is 0.152. The third-order valence-electron chi connectivity index (χ3n) is 10.2. The van der Waals surface area contributed by atoms with Crippen LogP contribution in [0.1, 0.15) is 63.1 Å². The third-order valence-corrected chi connectivity index (χ3v) is 10.2. The number of amides is 1. The smallest absolute Gasteiger partial charge is 0.253 e. The lowest BCUT2D eigenvalue weighted by molar-refractivity contribution is -0.276. The normalized spacial score (nSPS) is 20.2. The first-order valence-corrected chi connectivity index (χ1v) is 17.8. The molecule has 5 aromatic rings. The maximum absolute atomic E-state index is 12.6. The van der Waals surface area contributed by atoms with Gasteiger partial charge in [0.1, 0.15) is 0 Å². The van der Waals surface area contributed by atoms with Crippen LogP contribution in [0.15, 0.2) is 109 Å². The van der Waals surface area contributed by atoms with Crippen LogP contribution in [-0.4, -0.2) is 54.3 Å². The highest BCUT2D eigenvalue weighted by atomic mass is 16.7. The highest BCUT2D eigenvalue weighted by Crippen LogP contribution is 2.43. The molecule has 1 amide bonds. The standard InChI is InChI=1S/C43H45N3O6/c1-28-40(26-46-19-17-35-21-38(49-2)39(50-3)22-37(35)25-46)51-43(52-41(28)32-11-9-29(27-47)10-12-32)33-15-13-31(14-16-33)34-7-4-6-30(20-34)23-45-42(48)36-8-5-18-44-24-36/h4-16,18,20-22,24,28,40-41,43,47H,17,19,23,25-27H2,1-3H3,(H,45,48)/t28-,40+,41+,43+/m1/s1. The Morgan fingerprint density at radius 1 is 0.865 bits per heavy atom. The summed E-state index contributed by atoms with van der Waals surface area (Å²) in [5, 5.41) is 12.6. The summed E-state index contributed by atoms with van der Waals surface area (Å²) in [6, 6.07) is 32.2. The average molecular weight is 700 g/mol. The van der Waals surface area contributed by atoms with Gasteiger partial charge in [0.25, 0.3) is 5.91 Å². The summed E-state index contributed by atoms with van der Waals surface area (Å²) in [6.07, 6.45) is 3.28. The molecule has 0 unspecified atom stereocenters. The molecule has 0 spiro atoms. The molecule has 3 heterocycles. The Labute approximate surface area is 305 Å². The fraction of sp³-hybridized carbons (Fsp3) is 0.302. The van der Waals surface area contributed by atoms with Crippen LogP contribution in [0.3, 0.4) is 0 Å². The molecule has 7 rings (SSSR count). The minimum absolute atomic E-state index is 0.00188. The fourth-order valence-corrected chi connectivity index (χ4v) is 7.16. The van der Waals surface area contributed by atoms with E-state index in [0.29, 0.717) is 12.1 Å². The lowest BCUT2D eigenvalue weighted by Gasteiger charge is -2.43. The number of aliphatic hydroxyl groups is 1. The van der Waals surface area contributed by atoms with Crippen molar-refractivity contribution in [3.8, 4) is 22.6 Å². The second-order valence-corrected chi connectivity index (χ2v) is 13.5. The molecule has 4 aromatic carbocycles. The Morgan fingerprint density at radius 3 is 2.33 bits per heavy atom. The molecule has 268 valence electrons. The second-order valence-electron chi connectivity index (χ2n) is 13.5. The van der Waals surface area contributed by atoms with Crippen molar-refractivity contribution in [1.82, 2.24) is 15.2 Å². The Kier molecular flexibility index (Phi) is 10.9. The van der Waals surface area contributed by atoms with Gasteiger partial charge in [0, 0.05) is 50.1 Å². The molecular weight excluding hydrogens is 654 g/mol. The minimum atomic E-state index is -0.562. The zero-order valence-corrected chi connectivity index (χ0v) is 29.8. The molecule has 0 radical (unpaired) electrons. The van der Waals surface area contributed by atoms with Crippen molar-refractivity contribution in [2.75, 3.05) is 27.3 Å². The van der Waals surface area contributed by atoms with E-state index in [4.69, 9.17) is 18.9 Å². The SMILES string of the molecule is COc1cc2c(cc1OC)CN(C[C@@H]1O[C@H](c3ccc(-c4cccc(CNC(=O)c5cccnc5)c4)cc3)O[C@H](c3ccc(CO)cc3)[C@@H]1C)CC2. The molecule has 1 aromatic heterocycles. The number of nitrogens with one attached hydrogen (secondary N) is 1. The van der Waals surface area contributed by atoms with Gasteiger partial charge in [-0.25, -0.2) is 0 Å². The van der Waals surface area contributed by atoms with Crippen LogP contribution in [0, 0.1) is 5.92 Å². The van der Waals surface area contributed by atoms with E-state index < -0.39 is 6.29 Å². The van der Waals surface area contributed by atoms with Crippen molar-refractivity contribution in [3.05, 3.63) is 148 Å². The van der Waals surface area contributed by atoms with Gasteiger partial charge in [-0.1, -0.05) is 73.7 Å².